The molecule has 4 rings (SSSR count). The van der Waals surface area contributed by atoms with Gasteiger partial charge in [0, 0.05) is 38.5 Å². The first-order chi connectivity index (χ1) is 20.0. The van der Waals surface area contributed by atoms with E-state index in [2.05, 4.69) is 6.58 Å². The van der Waals surface area contributed by atoms with Crippen LogP contribution in [-0.4, -0.2) is 135 Å². The van der Waals surface area contributed by atoms with Gasteiger partial charge in [-0.1, -0.05) is 12.7 Å². The maximum absolute atomic E-state index is 13.3. The zero-order valence-corrected chi connectivity index (χ0v) is 23.9. The second-order valence-corrected chi connectivity index (χ2v) is 11.1. The van der Waals surface area contributed by atoms with Gasteiger partial charge in [0.25, 0.3) is 0 Å². The molecule has 0 spiro atoms. The van der Waals surface area contributed by atoms with Crippen LogP contribution in [0.25, 0.3) is 0 Å². The number of nitrogens with zero attached hydrogens (tertiary/aromatic N) is 4. The van der Waals surface area contributed by atoms with Gasteiger partial charge in [0.05, 0.1) is 6.04 Å². The highest BCUT2D eigenvalue weighted by atomic mass is 32.2. The number of carbonyl (C=O) groups excluding carboxylic acids is 4. The quantitative estimate of drug-likeness (QED) is 0.206. The van der Waals surface area contributed by atoms with Crippen molar-refractivity contribution in [2.24, 2.45) is 5.73 Å². The summed E-state index contributed by atoms with van der Waals surface area (Å²) >= 11 is 1.36. The van der Waals surface area contributed by atoms with E-state index in [0.717, 1.165) is 0 Å². The molecule has 0 aliphatic carbocycles. The summed E-state index contributed by atoms with van der Waals surface area (Å²) in [7, 11) is 3.20. The number of carboxylic acids is 2. The van der Waals surface area contributed by atoms with E-state index in [1.807, 2.05) is 0 Å². The molecule has 0 radical (unpaired) electrons. The number of β-lactam (4-membered cyclic amide) rings is 1. The van der Waals surface area contributed by atoms with E-state index < -0.39 is 53.6 Å². The Kier molecular flexibility index (Phi) is 10.2. The minimum Gasteiger partial charge on any atom is -0.477 e. The van der Waals surface area contributed by atoms with Crippen molar-refractivity contribution in [3.05, 3.63) is 35.6 Å². The number of carboxylic acid groups (broad SMARTS) is 2. The fourth-order valence-electron chi connectivity index (χ4n) is 4.96. The Labute approximate surface area is 247 Å². The zero-order valence-electron chi connectivity index (χ0n) is 23.1. The predicted octanol–water partition coefficient (Wildman–Crippen LogP) is 0.213. The van der Waals surface area contributed by atoms with Crippen molar-refractivity contribution in [2.75, 3.05) is 39.5 Å². The normalized spacial score (nSPS) is 26.0. The van der Waals surface area contributed by atoms with Crippen LogP contribution in [0.5, 0.6) is 0 Å². The topological polar surface area (TPSA) is 191 Å². The van der Waals surface area contributed by atoms with Gasteiger partial charge in [-0.15, -0.1) is 11.8 Å². The molecule has 0 bridgehead atoms. The summed E-state index contributed by atoms with van der Waals surface area (Å²) in [5, 5.41) is 16.5. The molecule has 4 heterocycles. The van der Waals surface area contributed by atoms with Gasteiger partial charge in [0.15, 0.2) is 0 Å². The molecule has 0 aromatic heterocycles. The molecular formula is C25H30F3N5O9S. The van der Waals surface area contributed by atoms with Crippen LogP contribution in [0, 0.1) is 0 Å². The van der Waals surface area contributed by atoms with Crippen molar-refractivity contribution in [1.82, 2.24) is 19.6 Å². The molecule has 4 amide bonds. The maximum Gasteiger partial charge on any atom is 0.490 e. The Morgan fingerprint density at radius 2 is 1.84 bits per heavy atom. The Hall–Kier alpha value is -4.06. The number of allylic oxidation sites excluding steroid dienone is 1. The molecule has 4 N–H and O–H groups in total. The van der Waals surface area contributed by atoms with Gasteiger partial charge in [-0.05, 0) is 24.5 Å². The van der Waals surface area contributed by atoms with E-state index in [-0.39, 0.29) is 37.1 Å². The first kappa shape index (κ1) is 33.4. The van der Waals surface area contributed by atoms with Crippen LogP contribution in [0.15, 0.2) is 35.6 Å². The highest BCUT2D eigenvalue weighted by Crippen LogP contribution is 2.40. The summed E-state index contributed by atoms with van der Waals surface area (Å²) in [5.74, 6) is -4.69. The number of ether oxygens (including phenoxy) is 1. The Bertz CT molecular complexity index is 1290. The summed E-state index contributed by atoms with van der Waals surface area (Å²) in [6.45, 7) is 4.03. The first-order valence-corrected chi connectivity index (χ1v) is 13.8. The number of aliphatic carboxylic acids is 2. The monoisotopic (exact) mass is 633 g/mol. The highest BCUT2D eigenvalue weighted by molar-refractivity contribution is 8.00. The van der Waals surface area contributed by atoms with Crippen molar-refractivity contribution in [3.63, 3.8) is 0 Å². The molecule has 14 nitrogen and oxygen atoms in total. The maximum atomic E-state index is 13.3. The summed E-state index contributed by atoms with van der Waals surface area (Å²) in [6.07, 6.45) is -2.11. The summed E-state index contributed by atoms with van der Waals surface area (Å²) in [6, 6.07) is -1.90. The van der Waals surface area contributed by atoms with Gasteiger partial charge >= 0.3 is 24.2 Å². The fraction of sp³-hybridized carbons (Fsp3) is 0.520. The van der Waals surface area contributed by atoms with E-state index in [4.69, 9.17) is 20.4 Å². The van der Waals surface area contributed by atoms with E-state index in [1.54, 1.807) is 25.1 Å². The number of likely N-dealkylation sites (N-methyl/N-ethyl adjacent to an activating group) is 1. The number of likely N-dealkylation sites (tertiary alicyclic amines) is 2. The molecule has 0 aromatic rings. The number of halogens is 3. The van der Waals surface area contributed by atoms with Crippen molar-refractivity contribution < 1.29 is 56.9 Å². The lowest BCUT2D eigenvalue weighted by Crippen LogP contribution is -2.68. The number of alkyl halides is 3. The van der Waals surface area contributed by atoms with Crippen LogP contribution >= 0.6 is 11.8 Å². The molecule has 43 heavy (non-hydrogen) atoms. The molecular weight excluding hydrogens is 603 g/mol. The van der Waals surface area contributed by atoms with Crippen molar-refractivity contribution in [1.29, 1.82) is 0 Å². The standard InChI is InChI=1S/C23H29N5O7S.C2HF3O2/c1-4-7-35-23(34)27-10-14(9-15(27)19(30)25(2)3)26-6-5-12(18(26)29)8-13-11-36-21-16(24)20(31)28(21)17(13)22(32)33;3-2(4,5)1(6)7/h4,8,14-16,21H,1,5-7,9-11,24H2,2-3H3,(H,32,33);(H,6,7)/t14-,15-,16+,21+;/m0./s1. The Morgan fingerprint density at radius 1 is 1.21 bits per heavy atom. The smallest absolute Gasteiger partial charge is 0.477 e. The third-order valence-corrected chi connectivity index (χ3v) is 8.32. The second kappa shape index (κ2) is 13.1. The Balaban J connectivity index is 0.000000646. The number of hydrogen-bond acceptors (Lipinski definition) is 9. The van der Waals surface area contributed by atoms with Crippen molar-refractivity contribution in [3.8, 4) is 0 Å². The van der Waals surface area contributed by atoms with Crippen LogP contribution in [0.3, 0.4) is 0 Å². The number of amides is 4. The lowest BCUT2D eigenvalue weighted by Gasteiger charge is -2.47. The lowest BCUT2D eigenvalue weighted by atomic mass is 10.0. The van der Waals surface area contributed by atoms with Gasteiger partial charge in [0.2, 0.25) is 17.7 Å². The number of carbonyl (C=O) groups is 6. The van der Waals surface area contributed by atoms with E-state index in [9.17, 15) is 42.3 Å². The predicted molar refractivity (Wildman–Crippen MR) is 143 cm³/mol. The average molecular weight is 634 g/mol. The van der Waals surface area contributed by atoms with Gasteiger partial charge < -0.3 is 30.5 Å². The summed E-state index contributed by atoms with van der Waals surface area (Å²) in [5.41, 5.74) is 6.46. The van der Waals surface area contributed by atoms with E-state index in [0.29, 0.717) is 29.9 Å². The highest BCUT2D eigenvalue weighted by Gasteiger charge is 2.52. The minimum atomic E-state index is -5.08. The van der Waals surface area contributed by atoms with Crippen molar-refractivity contribution in [2.45, 2.75) is 42.5 Å². The van der Waals surface area contributed by atoms with Crippen LogP contribution in [0.4, 0.5) is 18.0 Å². The molecule has 4 atom stereocenters. The summed E-state index contributed by atoms with van der Waals surface area (Å²) in [4.78, 5) is 77.2. The molecule has 236 valence electrons. The molecule has 4 aliphatic heterocycles. The Morgan fingerprint density at radius 3 is 2.37 bits per heavy atom. The number of rotatable bonds is 6. The van der Waals surface area contributed by atoms with Crippen LogP contribution in [0.1, 0.15) is 12.8 Å². The number of nitrogens with two attached hydrogens (primary N) is 1. The summed E-state index contributed by atoms with van der Waals surface area (Å²) < 4.78 is 36.9. The molecule has 4 aliphatic rings. The SMILES string of the molecule is C=CCOC(=O)N1C[C@@H](N2CCC(=CC3=C(C(=O)O)N4C(=O)[C@@H](N)[C@H]4SC3)C2=O)C[C@H]1C(=O)N(C)C.O=C(O)C(F)(F)F. The zero-order chi connectivity index (χ0) is 32.4. The molecule has 0 aromatic carbocycles. The molecule has 3 fully saturated rings. The number of fused-ring (bicyclic) bond motifs is 1. The number of thioether (sulfide) groups is 1. The van der Waals surface area contributed by atoms with Crippen LogP contribution in [0.2, 0.25) is 0 Å². The van der Waals surface area contributed by atoms with E-state index >= 15 is 0 Å². The third kappa shape index (κ3) is 6.96. The average Bonchev–Trinajstić information content (AvgIpc) is 3.53. The van der Waals surface area contributed by atoms with Crippen LogP contribution in [-0.2, 0) is 28.7 Å². The van der Waals surface area contributed by atoms with E-state index in [1.165, 1.54) is 32.5 Å². The first-order valence-electron chi connectivity index (χ1n) is 12.7. The van der Waals surface area contributed by atoms with Gasteiger partial charge in [-0.25, -0.2) is 14.4 Å². The van der Waals surface area contributed by atoms with Gasteiger partial charge in [-0.3, -0.25) is 24.2 Å². The fourth-order valence-corrected chi connectivity index (χ4v) is 6.22. The van der Waals surface area contributed by atoms with Crippen LogP contribution < -0.4 is 5.73 Å². The third-order valence-electron chi connectivity index (χ3n) is 6.99. The van der Waals surface area contributed by atoms with Gasteiger partial charge in [-0.2, -0.15) is 13.2 Å². The number of hydrogen-bond donors (Lipinski definition) is 3. The van der Waals surface area contributed by atoms with Crippen molar-refractivity contribution >= 4 is 47.5 Å². The second-order valence-electron chi connectivity index (χ2n) is 9.99. The molecule has 18 heteroatoms. The molecule has 3 saturated heterocycles. The largest absolute Gasteiger partial charge is 0.490 e. The molecule has 0 unspecified atom stereocenters. The van der Waals surface area contributed by atoms with Gasteiger partial charge in [0.1, 0.15) is 29.8 Å². The lowest BCUT2D eigenvalue weighted by molar-refractivity contribution is -0.192. The minimum absolute atomic E-state index is 0.00270. The molecule has 0 saturated carbocycles.